The van der Waals surface area contributed by atoms with Gasteiger partial charge in [-0.25, -0.2) is 4.98 Å². The van der Waals surface area contributed by atoms with Gasteiger partial charge in [0.2, 0.25) is 0 Å². The fraction of sp³-hybridized carbons (Fsp3) is 0.167. The van der Waals surface area contributed by atoms with Crippen LogP contribution >= 0.6 is 11.3 Å². The molecule has 1 aromatic heterocycles. The highest BCUT2D eigenvalue weighted by molar-refractivity contribution is 7.14. The minimum absolute atomic E-state index is 0.930. The van der Waals surface area contributed by atoms with E-state index in [9.17, 15) is 0 Å². The van der Waals surface area contributed by atoms with Crippen molar-refractivity contribution in [1.82, 2.24) is 4.98 Å². The number of nitrogens with zero attached hydrogens (tertiary/aromatic N) is 1. The summed E-state index contributed by atoms with van der Waals surface area (Å²) in [5, 5.41) is 6.45. The van der Waals surface area contributed by atoms with Gasteiger partial charge in [-0.2, -0.15) is 0 Å². The largest absolute Gasteiger partial charge is 0.331 e. The Bertz CT molecular complexity index is 757. The van der Waals surface area contributed by atoms with E-state index in [-0.39, 0.29) is 0 Å². The summed E-state index contributed by atoms with van der Waals surface area (Å²) in [5.74, 6) is 0. The first-order valence-electron chi connectivity index (χ1n) is 6.99. The number of rotatable bonds is 3. The topological polar surface area (TPSA) is 24.9 Å². The van der Waals surface area contributed by atoms with Crippen molar-refractivity contribution >= 4 is 22.2 Å². The predicted molar refractivity (Wildman–Crippen MR) is 91.5 cm³/mol. The molecule has 1 N–H and O–H groups in total. The zero-order chi connectivity index (χ0) is 14.8. The Morgan fingerprint density at radius 3 is 2.38 bits per heavy atom. The summed E-state index contributed by atoms with van der Waals surface area (Å²) < 4.78 is 0. The Morgan fingerprint density at radius 1 is 0.905 bits per heavy atom. The van der Waals surface area contributed by atoms with Crippen molar-refractivity contribution in [2.45, 2.75) is 20.8 Å². The van der Waals surface area contributed by atoms with Crippen molar-refractivity contribution in [3.8, 4) is 11.3 Å². The van der Waals surface area contributed by atoms with E-state index in [0.717, 1.165) is 22.1 Å². The van der Waals surface area contributed by atoms with E-state index in [2.05, 4.69) is 78.9 Å². The lowest BCUT2D eigenvalue weighted by Crippen LogP contribution is -1.93. The maximum Gasteiger partial charge on any atom is 0.187 e. The number of hydrogen-bond acceptors (Lipinski definition) is 3. The highest BCUT2D eigenvalue weighted by atomic mass is 32.1. The zero-order valence-corrected chi connectivity index (χ0v) is 13.3. The monoisotopic (exact) mass is 294 g/mol. The first-order valence-corrected chi connectivity index (χ1v) is 7.86. The summed E-state index contributed by atoms with van der Waals surface area (Å²) in [6.45, 7) is 6.30. The van der Waals surface area contributed by atoms with Gasteiger partial charge < -0.3 is 5.32 Å². The minimum Gasteiger partial charge on any atom is -0.331 e. The highest BCUT2D eigenvalue weighted by Gasteiger charge is 2.06. The fourth-order valence-corrected chi connectivity index (χ4v) is 2.91. The lowest BCUT2D eigenvalue weighted by atomic mass is 10.1. The number of anilines is 2. The van der Waals surface area contributed by atoms with Crippen molar-refractivity contribution in [3.05, 3.63) is 64.5 Å². The summed E-state index contributed by atoms with van der Waals surface area (Å²) in [7, 11) is 0. The van der Waals surface area contributed by atoms with Gasteiger partial charge in [0.1, 0.15) is 0 Å². The summed E-state index contributed by atoms with van der Waals surface area (Å²) in [5.41, 5.74) is 7.05. The maximum absolute atomic E-state index is 4.68. The van der Waals surface area contributed by atoms with Gasteiger partial charge in [0.15, 0.2) is 5.13 Å². The van der Waals surface area contributed by atoms with Crippen LogP contribution < -0.4 is 5.32 Å². The Labute approximate surface area is 129 Å². The van der Waals surface area contributed by atoms with Crippen LogP contribution in [0.25, 0.3) is 11.3 Å². The van der Waals surface area contributed by atoms with Crippen LogP contribution in [0.2, 0.25) is 0 Å². The van der Waals surface area contributed by atoms with E-state index in [0.29, 0.717) is 0 Å². The Morgan fingerprint density at radius 2 is 1.62 bits per heavy atom. The molecule has 1 heterocycles. The average molecular weight is 294 g/mol. The molecule has 0 unspecified atom stereocenters. The Balaban J connectivity index is 1.85. The second-order valence-electron chi connectivity index (χ2n) is 5.35. The van der Waals surface area contributed by atoms with Crippen LogP contribution in [0.3, 0.4) is 0 Å². The van der Waals surface area contributed by atoms with Gasteiger partial charge in [-0.15, -0.1) is 11.3 Å². The van der Waals surface area contributed by atoms with Gasteiger partial charge in [0, 0.05) is 16.6 Å². The molecule has 0 saturated heterocycles. The number of nitrogens with one attached hydrogen (secondary N) is 1. The van der Waals surface area contributed by atoms with Gasteiger partial charge >= 0.3 is 0 Å². The lowest BCUT2D eigenvalue weighted by molar-refractivity contribution is 1.34. The van der Waals surface area contributed by atoms with Crippen molar-refractivity contribution in [2.75, 3.05) is 5.32 Å². The molecule has 0 aliphatic carbocycles. The van der Waals surface area contributed by atoms with E-state index in [1.807, 2.05) is 0 Å². The first kappa shape index (κ1) is 13.8. The third kappa shape index (κ3) is 3.14. The molecule has 3 rings (SSSR count). The lowest BCUT2D eigenvalue weighted by Gasteiger charge is -2.07. The first-order chi connectivity index (χ1) is 10.1. The molecule has 106 valence electrons. The molecular weight excluding hydrogens is 276 g/mol. The Hall–Kier alpha value is -2.13. The van der Waals surface area contributed by atoms with E-state index < -0.39 is 0 Å². The minimum atomic E-state index is 0.930. The highest BCUT2D eigenvalue weighted by Crippen LogP contribution is 2.28. The number of benzene rings is 2. The van der Waals surface area contributed by atoms with Gasteiger partial charge in [-0.1, -0.05) is 42.0 Å². The predicted octanol–water partition coefficient (Wildman–Crippen LogP) is 5.48. The van der Waals surface area contributed by atoms with E-state index in [1.54, 1.807) is 11.3 Å². The number of thiazole rings is 1. The molecule has 3 aromatic rings. The summed E-state index contributed by atoms with van der Waals surface area (Å²) in [6.07, 6.45) is 0. The maximum atomic E-state index is 4.68. The molecule has 0 aliphatic heterocycles. The van der Waals surface area contributed by atoms with Crippen molar-refractivity contribution < 1.29 is 0 Å². The molecule has 0 aliphatic rings. The summed E-state index contributed by atoms with van der Waals surface area (Å²) in [4.78, 5) is 4.68. The average Bonchev–Trinajstić information content (AvgIpc) is 2.92. The van der Waals surface area contributed by atoms with E-state index >= 15 is 0 Å². The third-order valence-corrected chi connectivity index (χ3v) is 4.24. The number of aromatic nitrogens is 1. The second kappa shape index (κ2) is 5.70. The quantitative estimate of drug-likeness (QED) is 0.692. The number of hydrogen-bond donors (Lipinski definition) is 1. The van der Waals surface area contributed by atoms with Crippen molar-refractivity contribution in [1.29, 1.82) is 0 Å². The van der Waals surface area contributed by atoms with Crippen LogP contribution in [0.4, 0.5) is 10.8 Å². The Kier molecular flexibility index (Phi) is 3.76. The molecule has 2 nitrogen and oxygen atoms in total. The van der Waals surface area contributed by atoms with Gasteiger partial charge in [-0.05, 0) is 38.0 Å². The van der Waals surface area contributed by atoms with Crippen LogP contribution in [0.1, 0.15) is 16.7 Å². The van der Waals surface area contributed by atoms with Crippen LogP contribution in [-0.2, 0) is 0 Å². The SMILES string of the molecule is Cc1ccc(-c2csc(Nc3cc(C)ccc3C)n2)cc1. The van der Waals surface area contributed by atoms with Crippen LogP contribution in [-0.4, -0.2) is 4.98 Å². The molecular formula is C18H18N2S. The van der Waals surface area contributed by atoms with Crippen LogP contribution in [0.5, 0.6) is 0 Å². The molecule has 0 amide bonds. The van der Waals surface area contributed by atoms with Crippen LogP contribution in [0.15, 0.2) is 47.8 Å². The third-order valence-electron chi connectivity index (χ3n) is 3.49. The molecule has 0 saturated carbocycles. The zero-order valence-electron chi connectivity index (χ0n) is 12.5. The molecule has 0 atom stereocenters. The molecule has 21 heavy (non-hydrogen) atoms. The summed E-state index contributed by atoms with van der Waals surface area (Å²) >= 11 is 1.64. The summed E-state index contributed by atoms with van der Waals surface area (Å²) in [6, 6.07) is 14.9. The van der Waals surface area contributed by atoms with Gasteiger partial charge in [0.25, 0.3) is 0 Å². The van der Waals surface area contributed by atoms with Gasteiger partial charge in [-0.3, -0.25) is 0 Å². The molecule has 0 radical (unpaired) electrons. The fourth-order valence-electron chi connectivity index (χ4n) is 2.17. The van der Waals surface area contributed by atoms with Crippen molar-refractivity contribution in [2.24, 2.45) is 0 Å². The van der Waals surface area contributed by atoms with Gasteiger partial charge in [0.05, 0.1) is 5.69 Å². The van der Waals surface area contributed by atoms with E-state index in [1.165, 1.54) is 16.7 Å². The standard InChI is InChI=1S/C18H18N2S/c1-12-5-8-15(9-6-12)17-11-21-18(20-17)19-16-10-13(2)4-7-14(16)3/h4-11H,1-3H3,(H,19,20). The molecule has 0 fully saturated rings. The second-order valence-corrected chi connectivity index (χ2v) is 6.21. The smallest absolute Gasteiger partial charge is 0.187 e. The molecule has 2 aromatic carbocycles. The normalized spacial score (nSPS) is 10.6. The van der Waals surface area contributed by atoms with Crippen LogP contribution in [0, 0.1) is 20.8 Å². The molecule has 0 bridgehead atoms. The van der Waals surface area contributed by atoms with Crippen molar-refractivity contribution in [3.63, 3.8) is 0 Å². The van der Waals surface area contributed by atoms with E-state index in [4.69, 9.17) is 0 Å². The number of aryl methyl sites for hydroxylation is 3. The molecule has 0 spiro atoms. The molecule has 3 heteroatoms.